The Balaban J connectivity index is 1.89. The topological polar surface area (TPSA) is 93.5 Å². The number of nitrogens with zero attached hydrogens (tertiary/aromatic N) is 3. The van der Waals surface area contributed by atoms with Gasteiger partial charge in [0.15, 0.2) is 6.23 Å². The molecule has 0 aromatic heterocycles. The molecule has 1 fully saturated rings. The average molecular weight is 417 g/mol. The molecule has 160 valence electrons. The molecule has 30 heavy (non-hydrogen) atoms. The first kappa shape index (κ1) is 21.4. The lowest BCUT2D eigenvalue weighted by Crippen LogP contribution is -2.38. The molecule has 1 heterocycles. The molecule has 9 heteroatoms. The van der Waals surface area contributed by atoms with Crippen LogP contribution < -0.4 is 9.80 Å². The summed E-state index contributed by atoms with van der Waals surface area (Å²) in [7, 11) is 3.05. The number of likely N-dealkylation sites (N-methyl/N-ethyl adjacent to an activating group) is 1. The monoisotopic (exact) mass is 417 g/mol. The molecule has 2 N–H and O–H groups in total. The molecular weight excluding hydrogens is 393 g/mol. The number of carbonyl (C=O) groups is 2. The first-order chi connectivity index (χ1) is 14.3. The lowest BCUT2D eigenvalue weighted by atomic mass is 10.1. The maximum absolute atomic E-state index is 15.1. The van der Waals surface area contributed by atoms with Gasteiger partial charge in [0.2, 0.25) is 0 Å². The van der Waals surface area contributed by atoms with Gasteiger partial charge >= 0.3 is 12.2 Å². The summed E-state index contributed by atoms with van der Waals surface area (Å²) in [5, 5.41) is 18.6. The first-order valence-electron chi connectivity index (χ1n) is 9.44. The number of carbonyl (C=O) groups excluding carboxylic acids is 1. The summed E-state index contributed by atoms with van der Waals surface area (Å²) < 4.78 is 20.2. The van der Waals surface area contributed by atoms with Crippen LogP contribution in [0.1, 0.15) is 11.1 Å². The van der Waals surface area contributed by atoms with Gasteiger partial charge < -0.3 is 19.8 Å². The van der Waals surface area contributed by atoms with Gasteiger partial charge in [0, 0.05) is 27.2 Å². The normalized spacial score (nSPS) is 15.8. The predicted molar refractivity (Wildman–Crippen MR) is 109 cm³/mol. The van der Waals surface area contributed by atoms with Crippen LogP contribution in [0, 0.1) is 5.82 Å². The first-order valence-corrected chi connectivity index (χ1v) is 9.44. The Labute approximate surface area is 173 Å². The van der Waals surface area contributed by atoms with Gasteiger partial charge in [-0.3, -0.25) is 9.80 Å². The maximum atomic E-state index is 15.1. The standard InChI is InChI=1S/C21H24FN3O5/c1-23(12-14-6-4-3-5-7-14)19-15(8-9-26)10-16(11-17(19)22)25-13-18(30-21(25)29)24(2)20(27)28/h3-7,10-11,18,26H,8-9,12-13H2,1-2H3,(H,27,28)/t18-/m0/s1. The summed E-state index contributed by atoms with van der Waals surface area (Å²) >= 11 is 0. The van der Waals surface area contributed by atoms with E-state index < -0.39 is 24.2 Å². The molecule has 1 atom stereocenters. The molecule has 1 saturated heterocycles. The Bertz CT molecular complexity index is 924. The summed E-state index contributed by atoms with van der Waals surface area (Å²) in [5.41, 5.74) is 2.12. The maximum Gasteiger partial charge on any atom is 0.416 e. The number of amides is 2. The molecule has 0 spiro atoms. The largest absolute Gasteiger partial charge is 0.465 e. The number of hydrogen-bond donors (Lipinski definition) is 2. The molecule has 0 bridgehead atoms. The fourth-order valence-electron chi connectivity index (χ4n) is 3.45. The van der Waals surface area contributed by atoms with Crippen molar-refractivity contribution in [3.05, 3.63) is 59.4 Å². The molecule has 2 aromatic rings. The van der Waals surface area contributed by atoms with Gasteiger partial charge in [-0.15, -0.1) is 0 Å². The van der Waals surface area contributed by atoms with Crippen LogP contribution in [0.4, 0.5) is 25.4 Å². The number of carboxylic acid groups (broad SMARTS) is 1. The summed E-state index contributed by atoms with van der Waals surface area (Å²) in [6.07, 6.45) is -2.78. The number of benzene rings is 2. The molecular formula is C21H24FN3O5. The highest BCUT2D eigenvalue weighted by Gasteiger charge is 2.37. The lowest BCUT2D eigenvalue weighted by molar-refractivity contribution is 0.0415. The summed E-state index contributed by atoms with van der Waals surface area (Å²) in [6.45, 7) is 0.218. The van der Waals surface area contributed by atoms with Crippen molar-refractivity contribution in [2.45, 2.75) is 19.2 Å². The number of cyclic esters (lactones) is 1. The van der Waals surface area contributed by atoms with Crippen molar-refractivity contribution in [1.82, 2.24) is 4.90 Å². The Kier molecular flexibility index (Phi) is 6.41. The van der Waals surface area contributed by atoms with Gasteiger partial charge in [-0.05, 0) is 29.7 Å². The van der Waals surface area contributed by atoms with Crippen LogP contribution in [0.25, 0.3) is 0 Å². The smallest absolute Gasteiger partial charge is 0.416 e. The number of aliphatic hydroxyl groups is 1. The minimum absolute atomic E-state index is 0.0567. The zero-order valence-electron chi connectivity index (χ0n) is 16.8. The van der Waals surface area contributed by atoms with Crippen LogP contribution in [-0.4, -0.2) is 60.8 Å². The minimum atomic E-state index is -1.24. The minimum Gasteiger partial charge on any atom is -0.465 e. The van der Waals surface area contributed by atoms with Crippen LogP contribution >= 0.6 is 0 Å². The fourth-order valence-corrected chi connectivity index (χ4v) is 3.45. The number of rotatable bonds is 7. The average Bonchev–Trinajstić information content (AvgIpc) is 3.09. The molecule has 0 unspecified atom stereocenters. The van der Waals surface area contributed by atoms with E-state index in [1.165, 1.54) is 18.0 Å². The summed E-state index contributed by atoms with van der Waals surface area (Å²) in [6, 6.07) is 12.4. The Hall–Kier alpha value is -3.33. The zero-order chi connectivity index (χ0) is 21.8. The van der Waals surface area contributed by atoms with E-state index in [2.05, 4.69) is 0 Å². The van der Waals surface area contributed by atoms with E-state index in [0.29, 0.717) is 17.8 Å². The number of ether oxygens (including phenoxy) is 1. The highest BCUT2D eigenvalue weighted by molar-refractivity contribution is 5.90. The number of aliphatic hydroxyl groups excluding tert-OH is 1. The van der Waals surface area contributed by atoms with E-state index in [-0.39, 0.29) is 25.3 Å². The molecule has 2 aromatic carbocycles. The fraction of sp³-hybridized carbons (Fsp3) is 0.333. The van der Waals surface area contributed by atoms with Crippen molar-refractivity contribution >= 4 is 23.6 Å². The van der Waals surface area contributed by atoms with Crippen molar-refractivity contribution in [2.24, 2.45) is 0 Å². The quantitative estimate of drug-likeness (QED) is 0.720. The van der Waals surface area contributed by atoms with Gasteiger partial charge in [0.1, 0.15) is 5.82 Å². The van der Waals surface area contributed by atoms with E-state index in [1.807, 2.05) is 30.3 Å². The third kappa shape index (κ3) is 4.46. The van der Waals surface area contributed by atoms with E-state index in [0.717, 1.165) is 10.5 Å². The highest BCUT2D eigenvalue weighted by atomic mass is 19.1. The molecule has 8 nitrogen and oxygen atoms in total. The van der Waals surface area contributed by atoms with E-state index in [1.54, 1.807) is 18.0 Å². The van der Waals surface area contributed by atoms with Crippen molar-refractivity contribution in [3.63, 3.8) is 0 Å². The lowest BCUT2D eigenvalue weighted by Gasteiger charge is -2.25. The SMILES string of the molecule is CN(Cc1ccccc1)c1c(F)cc(N2C[C@@H](N(C)C(=O)O)OC2=O)cc1CCO. The summed E-state index contributed by atoms with van der Waals surface area (Å²) in [4.78, 5) is 27.2. The van der Waals surface area contributed by atoms with Crippen molar-refractivity contribution in [2.75, 3.05) is 37.0 Å². The Morgan fingerprint density at radius 1 is 1.27 bits per heavy atom. The predicted octanol–water partition coefficient (Wildman–Crippen LogP) is 2.89. The number of halogens is 1. The Morgan fingerprint density at radius 2 is 1.97 bits per heavy atom. The molecule has 1 aliphatic heterocycles. The molecule has 3 rings (SSSR count). The zero-order valence-corrected chi connectivity index (χ0v) is 16.8. The second-order valence-corrected chi connectivity index (χ2v) is 7.09. The second kappa shape index (κ2) is 9.00. The molecule has 0 radical (unpaired) electrons. The molecule has 1 aliphatic rings. The van der Waals surface area contributed by atoms with E-state index >= 15 is 4.39 Å². The van der Waals surface area contributed by atoms with Crippen LogP contribution in [-0.2, 0) is 17.7 Å². The third-order valence-electron chi connectivity index (χ3n) is 4.99. The van der Waals surface area contributed by atoms with E-state index in [4.69, 9.17) is 9.84 Å². The van der Waals surface area contributed by atoms with Crippen molar-refractivity contribution in [3.8, 4) is 0 Å². The van der Waals surface area contributed by atoms with Gasteiger partial charge in [-0.2, -0.15) is 0 Å². The van der Waals surface area contributed by atoms with Crippen LogP contribution in [0.5, 0.6) is 0 Å². The number of anilines is 2. The van der Waals surface area contributed by atoms with Gasteiger partial charge in [0.25, 0.3) is 0 Å². The van der Waals surface area contributed by atoms with Crippen molar-refractivity contribution < 1.29 is 28.9 Å². The van der Waals surface area contributed by atoms with Gasteiger partial charge in [-0.25, -0.2) is 14.0 Å². The van der Waals surface area contributed by atoms with Crippen molar-refractivity contribution in [1.29, 1.82) is 0 Å². The van der Waals surface area contributed by atoms with Crippen LogP contribution in [0.3, 0.4) is 0 Å². The molecule has 0 saturated carbocycles. The van der Waals surface area contributed by atoms with Crippen LogP contribution in [0.15, 0.2) is 42.5 Å². The van der Waals surface area contributed by atoms with E-state index in [9.17, 15) is 14.7 Å². The van der Waals surface area contributed by atoms with Gasteiger partial charge in [0.05, 0.1) is 17.9 Å². The van der Waals surface area contributed by atoms with Crippen LogP contribution in [0.2, 0.25) is 0 Å². The molecule has 0 aliphatic carbocycles. The highest BCUT2D eigenvalue weighted by Crippen LogP contribution is 2.33. The second-order valence-electron chi connectivity index (χ2n) is 7.09. The Morgan fingerprint density at radius 3 is 2.60 bits per heavy atom. The summed E-state index contributed by atoms with van der Waals surface area (Å²) in [5.74, 6) is -0.544. The number of hydrogen-bond acceptors (Lipinski definition) is 5. The molecule has 2 amide bonds. The van der Waals surface area contributed by atoms with Gasteiger partial charge in [-0.1, -0.05) is 30.3 Å². The third-order valence-corrected chi connectivity index (χ3v) is 4.99.